The van der Waals surface area contributed by atoms with Gasteiger partial charge in [-0.3, -0.25) is 14.7 Å². The Morgan fingerprint density at radius 1 is 1.08 bits per heavy atom. The Hall–Kier alpha value is -5.12. The van der Waals surface area contributed by atoms with Gasteiger partial charge in [0, 0.05) is 19.3 Å². The number of carbonyl (C=O) groups excluding carboxylic acids is 1. The van der Waals surface area contributed by atoms with Crippen LogP contribution in [0, 0.1) is 0 Å². The summed E-state index contributed by atoms with van der Waals surface area (Å²) in [6, 6.07) is 22.4. The van der Waals surface area contributed by atoms with Gasteiger partial charge in [-0.2, -0.15) is 0 Å². The lowest BCUT2D eigenvalue weighted by molar-refractivity contribution is 0.187. The number of hydrogen-bond donors (Lipinski definition) is 2. The van der Waals surface area contributed by atoms with Gasteiger partial charge >= 0.3 is 6.09 Å². The number of benzene rings is 3. The van der Waals surface area contributed by atoms with Crippen LogP contribution in [0.5, 0.6) is 5.75 Å². The van der Waals surface area contributed by atoms with Gasteiger partial charge in [-0.05, 0) is 47.4 Å². The Kier molecular flexibility index (Phi) is 5.99. The number of rotatable bonds is 4. The van der Waals surface area contributed by atoms with Crippen molar-refractivity contribution in [3.63, 3.8) is 0 Å². The molecule has 0 fully saturated rings. The number of oxazole rings is 1. The van der Waals surface area contributed by atoms with Crippen molar-refractivity contribution in [1.29, 1.82) is 0 Å². The van der Waals surface area contributed by atoms with E-state index >= 15 is 0 Å². The van der Waals surface area contributed by atoms with Gasteiger partial charge in [0.2, 0.25) is 11.7 Å². The molecule has 0 unspecified atom stereocenters. The molecule has 0 radical (unpaired) electrons. The van der Waals surface area contributed by atoms with Crippen molar-refractivity contribution in [1.82, 2.24) is 14.5 Å². The SMILES string of the molecule is COC(=O)Nc1ccc2c(c1)[C@H](c1ccccc1)N(c1nc(-c3nc4ccccc4o3)c(O)c(=O)n1C)CC2. The summed E-state index contributed by atoms with van der Waals surface area (Å²) in [5.41, 5.74) is 4.10. The zero-order chi connectivity index (χ0) is 27.1. The Bertz CT molecular complexity index is 1730. The van der Waals surface area contributed by atoms with Crippen molar-refractivity contribution in [2.45, 2.75) is 12.5 Å². The number of hydrogen-bond acceptors (Lipinski definition) is 8. The first-order valence-electron chi connectivity index (χ1n) is 12.4. The van der Waals surface area contributed by atoms with Gasteiger partial charge in [0.05, 0.1) is 13.2 Å². The molecule has 1 amide bonds. The number of nitrogens with one attached hydrogen (secondary N) is 1. The molecule has 0 spiro atoms. The second-order valence-corrected chi connectivity index (χ2v) is 9.25. The number of para-hydroxylation sites is 2. The molecule has 10 nitrogen and oxygen atoms in total. The van der Waals surface area contributed by atoms with E-state index < -0.39 is 17.4 Å². The quantitative estimate of drug-likeness (QED) is 0.350. The molecular formula is C29H25N5O5. The van der Waals surface area contributed by atoms with Gasteiger partial charge in [-0.15, -0.1) is 0 Å². The number of ether oxygens (including phenoxy) is 1. The van der Waals surface area contributed by atoms with E-state index in [-0.39, 0.29) is 17.6 Å². The highest BCUT2D eigenvalue weighted by Crippen LogP contribution is 2.39. The highest BCUT2D eigenvalue weighted by molar-refractivity contribution is 5.85. The molecule has 39 heavy (non-hydrogen) atoms. The molecule has 2 aromatic heterocycles. The van der Waals surface area contributed by atoms with Crippen LogP contribution in [-0.2, 0) is 18.2 Å². The van der Waals surface area contributed by atoms with Crippen LogP contribution >= 0.6 is 0 Å². The van der Waals surface area contributed by atoms with E-state index in [0.717, 1.165) is 16.7 Å². The molecule has 2 N–H and O–H groups in total. The number of anilines is 2. The van der Waals surface area contributed by atoms with E-state index in [2.05, 4.69) is 10.3 Å². The summed E-state index contributed by atoms with van der Waals surface area (Å²) in [6.07, 6.45) is 0.107. The number of fused-ring (bicyclic) bond motifs is 2. The summed E-state index contributed by atoms with van der Waals surface area (Å²) in [5.74, 6) is -0.127. The third-order valence-corrected chi connectivity index (χ3v) is 6.92. The molecule has 1 atom stereocenters. The fourth-order valence-electron chi connectivity index (χ4n) is 5.03. The average Bonchev–Trinajstić information content (AvgIpc) is 3.40. The third kappa shape index (κ3) is 4.25. The van der Waals surface area contributed by atoms with Gasteiger partial charge in [0.1, 0.15) is 5.52 Å². The molecule has 0 saturated carbocycles. The molecular weight excluding hydrogens is 498 g/mol. The third-order valence-electron chi connectivity index (χ3n) is 6.92. The second kappa shape index (κ2) is 9.64. The summed E-state index contributed by atoms with van der Waals surface area (Å²) >= 11 is 0. The fourth-order valence-corrected chi connectivity index (χ4v) is 5.03. The van der Waals surface area contributed by atoms with Crippen LogP contribution in [0.15, 0.2) is 82.0 Å². The molecule has 10 heteroatoms. The lowest BCUT2D eigenvalue weighted by atomic mass is 9.88. The van der Waals surface area contributed by atoms with Crippen molar-refractivity contribution < 1.29 is 19.1 Å². The van der Waals surface area contributed by atoms with Crippen LogP contribution in [0.1, 0.15) is 22.7 Å². The Morgan fingerprint density at radius 3 is 2.62 bits per heavy atom. The zero-order valence-corrected chi connectivity index (χ0v) is 21.3. The first-order chi connectivity index (χ1) is 18.9. The van der Waals surface area contributed by atoms with Crippen molar-refractivity contribution in [3.8, 4) is 17.3 Å². The molecule has 3 heterocycles. The molecule has 0 saturated heterocycles. The summed E-state index contributed by atoms with van der Waals surface area (Å²) < 4.78 is 12.0. The minimum Gasteiger partial charge on any atom is -0.501 e. The molecule has 1 aliphatic heterocycles. The maximum atomic E-state index is 13.3. The summed E-state index contributed by atoms with van der Waals surface area (Å²) in [7, 11) is 2.89. The van der Waals surface area contributed by atoms with E-state index in [0.29, 0.717) is 35.7 Å². The molecule has 6 rings (SSSR count). The highest BCUT2D eigenvalue weighted by Gasteiger charge is 2.33. The van der Waals surface area contributed by atoms with E-state index in [9.17, 15) is 14.7 Å². The second-order valence-electron chi connectivity index (χ2n) is 9.25. The van der Waals surface area contributed by atoms with Gasteiger partial charge < -0.3 is 19.2 Å². The Labute approximate surface area is 223 Å². The lowest BCUT2D eigenvalue weighted by Gasteiger charge is -2.39. The summed E-state index contributed by atoms with van der Waals surface area (Å²) in [4.78, 5) is 36.4. The average molecular weight is 524 g/mol. The van der Waals surface area contributed by atoms with Crippen molar-refractivity contribution in [2.24, 2.45) is 7.05 Å². The van der Waals surface area contributed by atoms with Crippen molar-refractivity contribution in [2.75, 3.05) is 23.9 Å². The smallest absolute Gasteiger partial charge is 0.411 e. The molecule has 0 aliphatic carbocycles. The topological polar surface area (TPSA) is 123 Å². The number of aromatic hydroxyl groups is 1. The summed E-state index contributed by atoms with van der Waals surface area (Å²) in [5, 5.41) is 13.5. The minimum absolute atomic E-state index is 0.0250. The number of nitrogens with zero attached hydrogens (tertiary/aromatic N) is 4. The lowest BCUT2D eigenvalue weighted by Crippen LogP contribution is -2.40. The predicted octanol–water partition coefficient (Wildman–Crippen LogP) is 4.62. The predicted molar refractivity (Wildman–Crippen MR) is 146 cm³/mol. The van der Waals surface area contributed by atoms with E-state index in [1.807, 2.05) is 65.6 Å². The molecule has 196 valence electrons. The normalized spacial score (nSPS) is 14.7. The van der Waals surface area contributed by atoms with Crippen LogP contribution in [0.3, 0.4) is 0 Å². The van der Waals surface area contributed by atoms with Crippen LogP contribution in [0.25, 0.3) is 22.7 Å². The zero-order valence-electron chi connectivity index (χ0n) is 21.3. The minimum atomic E-state index is -0.615. The Morgan fingerprint density at radius 2 is 1.85 bits per heavy atom. The number of carbonyl (C=O) groups is 1. The van der Waals surface area contributed by atoms with E-state index in [1.165, 1.54) is 11.7 Å². The van der Waals surface area contributed by atoms with Crippen LogP contribution in [0.2, 0.25) is 0 Å². The Balaban J connectivity index is 1.52. The van der Waals surface area contributed by atoms with Gasteiger partial charge in [-0.25, -0.2) is 14.8 Å². The van der Waals surface area contributed by atoms with Crippen molar-refractivity contribution >= 4 is 28.8 Å². The van der Waals surface area contributed by atoms with Crippen molar-refractivity contribution in [3.05, 3.63) is 99.8 Å². The molecule has 3 aromatic carbocycles. The number of methoxy groups -OCH3 is 1. The highest BCUT2D eigenvalue weighted by atomic mass is 16.5. The maximum Gasteiger partial charge on any atom is 0.411 e. The van der Waals surface area contributed by atoms with Crippen LogP contribution < -0.4 is 15.8 Å². The van der Waals surface area contributed by atoms with Gasteiger partial charge in [0.25, 0.3) is 11.4 Å². The monoisotopic (exact) mass is 523 g/mol. The van der Waals surface area contributed by atoms with Gasteiger partial charge in [0.15, 0.2) is 11.3 Å². The molecule has 5 aromatic rings. The van der Waals surface area contributed by atoms with Crippen LogP contribution in [-0.4, -0.2) is 39.4 Å². The molecule has 1 aliphatic rings. The van der Waals surface area contributed by atoms with Crippen LogP contribution in [0.4, 0.5) is 16.4 Å². The maximum absolute atomic E-state index is 13.3. The summed E-state index contributed by atoms with van der Waals surface area (Å²) in [6.45, 7) is 0.550. The first kappa shape index (κ1) is 24.2. The number of aromatic nitrogens is 3. The van der Waals surface area contributed by atoms with E-state index in [1.54, 1.807) is 19.2 Å². The fraction of sp³-hybridized carbons (Fsp3) is 0.172. The van der Waals surface area contributed by atoms with Gasteiger partial charge in [-0.1, -0.05) is 48.5 Å². The first-order valence-corrected chi connectivity index (χ1v) is 12.4. The molecule has 0 bridgehead atoms. The largest absolute Gasteiger partial charge is 0.501 e. The number of amides is 1. The van der Waals surface area contributed by atoms with E-state index in [4.69, 9.17) is 14.1 Å². The standard InChI is InChI=1S/C29H25N5O5/c1-33-27(36)25(35)23(26-31-21-10-6-7-11-22(21)39-26)32-28(33)34-15-14-17-12-13-19(30-29(37)38-2)16-20(17)24(34)18-8-4-3-5-9-18/h3-13,16,24,35H,14-15H2,1-2H3,(H,30,37)/t24-/m0/s1.